The second-order valence-electron chi connectivity index (χ2n) is 8.70. The van der Waals surface area contributed by atoms with Crippen LogP contribution >= 0.6 is 0 Å². The number of hydrogen-bond donors (Lipinski definition) is 1. The highest BCUT2D eigenvalue weighted by molar-refractivity contribution is 6.09. The molecule has 1 N–H and O–H groups in total. The maximum absolute atomic E-state index is 13.4. The number of imide groups is 1. The number of carbonyl (C=O) groups is 3. The maximum Gasteiger partial charge on any atom is 0.325 e. The first-order valence-electron chi connectivity index (χ1n) is 11.3. The first-order valence-corrected chi connectivity index (χ1v) is 11.3. The lowest BCUT2D eigenvalue weighted by molar-refractivity contribution is -0.140. The topological polar surface area (TPSA) is 104 Å². The van der Waals surface area contributed by atoms with Crippen molar-refractivity contribution in [1.82, 2.24) is 15.2 Å². The molecule has 36 heavy (non-hydrogen) atoms. The molecule has 184 valence electrons. The van der Waals surface area contributed by atoms with Gasteiger partial charge in [-0.25, -0.2) is 14.2 Å². The number of hydrazone groups is 1. The number of halogens is 1. The van der Waals surface area contributed by atoms with Gasteiger partial charge in [0.2, 0.25) is 0 Å². The van der Waals surface area contributed by atoms with Crippen molar-refractivity contribution in [3.63, 3.8) is 0 Å². The third-order valence-electron chi connectivity index (χ3n) is 6.45. The van der Waals surface area contributed by atoms with Gasteiger partial charge in [0.05, 0.1) is 19.1 Å². The highest BCUT2D eigenvalue weighted by Gasteiger charge is 2.50. The van der Waals surface area contributed by atoms with Gasteiger partial charge in [-0.05, 0) is 66.6 Å². The number of hydrogen-bond acceptors (Lipinski definition) is 6. The summed E-state index contributed by atoms with van der Waals surface area (Å²) in [5.74, 6) is -0.401. The molecule has 1 aromatic heterocycles. The lowest BCUT2D eigenvalue weighted by Gasteiger charge is -2.24. The van der Waals surface area contributed by atoms with Crippen LogP contribution < -0.4 is 10.1 Å². The minimum atomic E-state index is -1.42. The Kier molecular flexibility index (Phi) is 5.79. The number of benzene rings is 2. The Bertz CT molecular complexity index is 1340. The van der Waals surface area contributed by atoms with E-state index in [2.05, 4.69) is 10.4 Å². The Labute approximate surface area is 206 Å². The molecule has 3 heterocycles. The molecule has 10 heteroatoms. The lowest BCUT2D eigenvalue weighted by atomic mass is 9.92. The summed E-state index contributed by atoms with van der Waals surface area (Å²) in [6.45, 7) is 1.00. The van der Waals surface area contributed by atoms with Crippen LogP contribution in [0.4, 0.5) is 9.18 Å². The average Bonchev–Trinajstić information content (AvgIpc) is 3.61. The van der Waals surface area contributed by atoms with E-state index in [1.807, 2.05) is 12.1 Å². The van der Waals surface area contributed by atoms with Gasteiger partial charge in [0.1, 0.15) is 35.5 Å². The monoisotopic (exact) mass is 490 g/mol. The molecule has 2 aliphatic heterocycles. The van der Waals surface area contributed by atoms with Crippen LogP contribution in [0.15, 0.2) is 76.4 Å². The van der Waals surface area contributed by atoms with Gasteiger partial charge in [-0.2, -0.15) is 5.10 Å². The molecule has 0 bridgehead atoms. The van der Waals surface area contributed by atoms with Crippen LogP contribution in [-0.2, 0) is 15.1 Å². The number of methoxy groups -OCH3 is 1. The normalized spacial score (nSPS) is 21.5. The number of nitrogens with zero attached hydrogens (tertiary/aromatic N) is 3. The molecule has 1 saturated heterocycles. The van der Waals surface area contributed by atoms with E-state index in [4.69, 9.17) is 9.15 Å². The zero-order chi connectivity index (χ0) is 25.4. The number of carbonyl (C=O) groups excluding carboxylic acids is 3. The molecule has 2 atom stereocenters. The first kappa shape index (κ1) is 23.3. The Hall–Kier alpha value is -4.47. The van der Waals surface area contributed by atoms with Crippen LogP contribution in [0.2, 0.25) is 0 Å². The van der Waals surface area contributed by atoms with Gasteiger partial charge in [-0.3, -0.25) is 14.5 Å². The zero-order valence-corrected chi connectivity index (χ0v) is 19.6. The Morgan fingerprint density at radius 1 is 1.17 bits per heavy atom. The Balaban J connectivity index is 1.40. The fraction of sp³-hybridized carbons (Fsp3) is 0.231. The molecule has 1 fully saturated rings. The maximum atomic E-state index is 13.4. The standard InChI is InChI=1S/C26H23FN4O5/c1-26(17-7-9-18(27)10-8-17)24(33)30(25(34)28-26)15-23(32)31-21(22-4-3-13-36-22)14-20(29-31)16-5-11-19(35-2)12-6-16/h3-13,21H,14-15H2,1-2H3,(H,28,34)/t21-,26+/m1/s1. The van der Waals surface area contributed by atoms with E-state index < -0.39 is 41.8 Å². The van der Waals surface area contributed by atoms with Crippen molar-refractivity contribution >= 4 is 23.6 Å². The fourth-order valence-corrected chi connectivity index (χ4v) is 4.43. The molecular weight excluding hydrogens is 467 g/mol. The third-order valence-corrected chi connectivity index (χ3v) is 6.45. The fourth-order valence-electron chi connectivity index (χ4n) is 4.43. The molecule has 4 amide bonds. The summed E-state index contributed by atoms with van der Waals surface area (Å²) < 4.78 is 24.1. The van der Waals surface area contributed by atoms with Crippen LogP contribution in [0.25, 0.3) is 0 Å². The molecule has 2 aliphatic rings. The predicted octanol–water partition coefficient (Wildman–Crippen LogP) is 3.57. The average molecular weight is 490 g/mol. The predicted molar refractivity (Wildman–Crippen MR) is 126 cm³/mol. The van der Waals surface area contributed by atoms with Crippen molar-refractivity contribution in [3.05, 3.63) is 89.6 Å². The Morgan fingerprint density at radius 3 is 2.53 bits per heavy atom. The molecule has 0 spiro atoms. The van der Waals surface area contributed by atoms with E-state index in [1.165, 1.54) is 42.5 Å². The summed E-state index contributed by atoms with van der Waals surface area (Å²) in [6, 6.07) is 14.8. The number of amides is 4. The number of nitrogens with one attached hydrogen (secondary N) is 1. The summed E-state index contributed by atoms with van der Waals surface area (Å²) in [6.07, 6.45) is 1.90. The smallest absolute Gasteiger partial charge is 0.325 e. The molecular formula is C26H23FN4O5. The summed E-state index contributed by atoms with van der Waals surface area (Å²) in [5.41, 5.74) is 0.447. The largest absolute Gasteiger partial charge is 0.497 e. The van der Waals surface area contributed by atoms with Crippen molar-refractivity contribution in [2.75, 3.05) is 13.7 Å². The summed E-state index contributed by atoms with van der Waals surface area (Å²) in [7, 11) is 1.58. The van der Waals surface area contributed by atoms with Crippen molar-refractivity contribution in [2.45, 2.75) is 24.9 Å². The zero-order valence-electron chi connectivity index (χ0n) is 19.6. The van der Waals surface area contributed by atoms with E-state index >= 15 is 0 Å². The van der Waals surface area contributed by atoms with Crippen LogP contribution in [0.1, 0.15) is 36.3 Å². The van der Waals surface area contributed by atoms with E-state index in [0.717, 1.165) is 10.5 Å². The van der Waals surface area contributed by atoms with E-state index in [0.29, 0.717) is 29.2 Å². The number of furan rings is 1. The minimum absolute atomic E-state index is 0.388. The van der Waals surface area contributed by atoms with Crippen LogP contribution in [0.3, 0.4) is 0 Å². The van der Waals surface area contributed by atoms with E-state index in [-0.39, 0.29) is 0 Å². The van der Waals surface area contributed by atoms with Gasteiger partial charge in [0, 0.05) is 6.42 Å². The SMILES string of the molecule is COc1ccc(C2=NN(C(=O)CN3C(=O)N[C@@](C)(c4ccc(F)cc4)C3=O)[C@@H](c3ccco3)C2)cc1. The lowest BCUT2D eigenvalue weighted by Crippen LogP contribution is -2.43. The van der Waals surface area contributed by atoms with Crippen molar-refractivity contribution < 1.29 is 27.9 Å². The Morgan fingerprint density at radius 2 is 1.89 bits per heavy atom. The molecule has 3 aromatic rings. The second kappa shape index (κ2) is 8.95. The first-order chi connectivity index (χ1) is 17.3. The van der Waals surface area contributed by atoms with Gasteiger partial charge >= 0.3 is 6.03 Å². The molecule has 9 nitrogen and oxygen atoms in total. The third kappa shape index (κ3) is 4.00. The highest BCUT2D eigenvalue weighted by Crippen LogP contribution is 2.34. The van der Waals surface area contributed by atoms with Crippen molar-refractivity contribution in [1.29, 1.82) is 0 Å². The van der Waals surface area contributed by atoms with Crippen molar-refractivity contribution in [3.8, 4) is 5.75 Å². The molecule has 0 aliphatic carbocycles. The van der Waals surface area contributed by atoms with Crippen LogP contribution in [-0.4, -0.2) is 47.1 Å². The van der Waals surface area contributed by atoms with E-state index in [1.54, 1.807) is 31.4 Å². The number of urea groups is 1. The molecule has 0 unspecified atom stereocenters. The molecule has 2 aromatic carbocycles. The van der Waals surface area contributed by atoms with Gasteiger partial charge in [0.25, 0.3) is 11.8 Å². The van der Waals surface area contributed by atoms with Gasteiger partial charge < -0.3 is 14.5 Å². The summed E-state index contributed by atoms with van der Waals surface area (Å²) in [5, 5.41) is 8.42. The summed E-state index contributed by atoms with van der Waals surface area (Å²) >= 11 is 0. The molecule has 0 radical (unpaired) electrons. The minimum Gasteiger partial charge on any atom is -0.497 e. The quantitative estimate of drug-likeness (QED) is 0.532. The molecule has 5 rings (SSSR count). The second-order valence-corrected chi connectivity index (χ2v) is 8.70. The van der Waals surface area contributed by atoms with Crippen molar-refractivity contribution in [2.24, 2.45) is 5.10 Å². The highest BCUT2D eigenvalue weighted by atomic mass is 19.1. The molecule has 0 saturated carbocycles. The van der Waals surface area contributed by atoms with Crippen LogP contribution in [0.5, 0.6) is 5.75 Å². The number of rotatable bonds is 6. The van der Waals surface area contributed by atoms with Crippen LogP contribution in [0, 0.1) is 5.82 Å². The summed E-state index contributed by atoms with van der Waals surface area (Å²) in [4.78, 5) is 40.2. The number of ether oxygens (including phenoxy) is 1. The van der Waals surface area contributed by atoms with Gasteiger partial charge in [0.15, 0.2) is 0 Å². The van der Waals surface area contributed by atoms with Gasteiger partial charge in [-0.1, -0.05) is 12.1 Å². The van der Waals surface area contributed by atoms with Gasteiger partial charge in [-0.15, -0.1) is 0 Å². The van der Waals surface area contributed by atoms with E-state index in [9.17, 15) is 18.8 Å².